The van der Waals surface area contributed by atoms with E-state index in [2.05, 4.69) is 20.4 Å². The summed E-state index contributed by atoms with van der Waals surface area (Å²) in [5.41, 5.74) is 1.62. The third kappa shape index (κ3) is 2.61. The first-order chi connectivity index (χ1) is 11.8. The molecule has 0 saturated carbocycles. The van der Waals surface area contributed by atoms with Gasteiger partial charge in [-0.3, -0.25) is 0 Å². The monoisotopic (exact) mass is 321 g/mol. The van der Waals surface area contributed by atoms with Crippen LogP contribution in [0.1, 0.15) is 11.9 Å². The summed E-state index contributed by atoms with van der Waals surface area (Å²) >= 11 is 0. The molecular weight excluding hydrogens is 306 g/mol. The summed E-state index contributed by atoms with van der Waals surface area (Å²) in [6.07, 6.45) is 3.97. The largest absolute Gasteiger partial charge is 0.467 e. The summed E-state index contributed by atoms with van der Waals surface area (Å²) in [6, 6.07) is 13.2. The number of furan rings is 1. The Balaban J connectivity index is 1.62. The van der Waals surface area contributed by atoms with Crippen LogP contribution in [-0.4, -0.2) is 31.4 Å². The Hall–Kier alpha value is -3.19. The van der Waals surface area contributed by atoms with E-state index in [1.54, 1.807) is 23.0 Å². The average molecular weight is 321 g/mol. The third-order valence-electron chi connectivity index (χ3n) is 3.70. The maximum absolute atomic E-state index is 10.1. The Morgan fingerprint density at radius 1 is 1.12 bits per heavy atom. The number of hydrogen-bond donors (Lipinski definition) is 2. The topological polar surface area (TPSA) is 89.0 Å². The first-order valence-corrected chi connectivity index (χ1v) is 7.52. The predicted molar refractivity (Wildman–Crippen MR) is 88.8 cm³/mol. The molecule has 1 atom stereocenters. The zero-order valence-corrected chi connectivity index (χ0v) is 12.7. The molecule has 1 aromatic carbocycles. The van der Waals surface area contributed by atoms with E-state index in [0.717, 1.165) is 11.1 Å². The fourth-order valence-electron chi connectivity index (χ4n) is 2.52. The summed E-state index contributed by atoms with van der Waals surface area (Å²) < 4.78 is 6.95. The number of anilines is 1. The highest BCUT2D eigenvalue weighted by Gasteiger charge is 2.14. The van der Waals surface area contributed by atoms with Crippen LogP contribution in [0.2, 0.25) is 0 Å². The standard InChI is InChI=1S/C17H15N5O2/c23-14(15-7-4-8-24-15)10-18-16-13-9-21-22(17(13)20-11-19-16)12-5-2-1-3-6-12/h1-9,11,14,23H,10H2,(H,18,19,20). The van der Waals surface area contributed by atoms with Crippen molar-refractivity contribution in [2.24, 2.45) is 0 Å². The molecule has 0 spiro atoms. The van der Waals surface area contributed by atoms with Crippen LogP contribution in [-0.2, 0) is 0 Å². The van der Waals surface area contributed by atoms with Crippen LogP contribution in [0.5, 0.6) is 0 Å². The van der Waals surface area contributed by atoms with Gasteiger partial charge in [0, 0.05) is 6.54 Å². The second kappa shape index (κ2) is 6.13. The molecule has 0 radical (unpaired) electrons. The maximum Gasteiger partial charge on any atom is 0.168 e. The van der Waals surface area contributed by atoms with E-state index in [-0.39, 0.29) is 6.54 Å². The Bertz CT molecular complexity index is 934. The molecule has 3 heterocycles. The van der Waals surface area contributed by atoms with Crippen molar-refractivity contribution in [1.82, 2.24) is 19.7 Å². The van der Waals surface area contributed by atoms with Gasteiger partial charge < -0.3 is 14.8 Å². The molecule has 0 amide bonds. The molecule has 0 aliphatic rings. The van der Waals surface area contributed by atoms with Gasteiger partial charge in [-0.05, 0) is 24.3 Å². The van der Waals surface area contributed by atoms with Crippen LogP contribution >= 0.6 is 0 Å². The lowest BCUT2D eigenvalue weighted by molar-refractivity contribution is 0.162. The van der Waals surface area contributed by atoms with Gasteiger partial charge in [0.15, 0.2) is 5.65 Å². The van der Waals surface area contributed by atoms with E-state index in [9.17, 15) is 5.11 Å². The lowest BCUT2D eigenvalue weighted by atomic mass is 10.2. The molecule has 24 heavy (non-hydrogen) atoms. The highest BCUT2D eigenvalue weighted by atomic mass is 16.4. The van der Waals surface area contributed by atoms with E-state index in [1.165, 1.54) is 12.6 Å². The summed E-state index contributed by atoms with van der Waals surface area (Å²) in [6.45, 7) is 0.274. The van der Waals surface area contributed by atoms with Crippen LogP contribution in [0.15, 0.2) is 65.7 Å². The zero-order valence-electron chi connectivity index (χ0n) is 12.7. The van der Waals surface area contributed by atoms with Gasteiger partial charge >= 0.3 is 0 Å². The molecule has 7 nitrogen and oxygen atoms in total. The zero-order chi connectivity index (χ0) is 16.4. The molecule has 0 saturated heterocycles. The fraction of sp³-hybridized carbons (Fsp3) is 0.118. The number of aliphatic hydroxyl groups is 1. The number of fused-ring (bicyclic) bond motifs is 1. The summed E-state index contributed by atoms with van der Waals surface area (Å²) in [5, 5.41) is 18.4. The third-order valence-corrected chi connectivity index (χ3v) is 3.70. The van der Waals surface area contributed by atoms with Crippen molar-refractivity contribution in [3.8, 4) is 5.69 Å². The molecule has 7 heteroatoms. The van der Waals surface area contributed by atoms with E-state index in [1.807, 2.05) is 30.3 Å². The van der Waals surface area contributed by atoms with Crippen molar-refractivity contribution in [2.75, 3.05) is 11.9 Å². The summed E-state index contributed by atoms with van der Waals surface area (Å²) in [7, 11) is 0. The minimum absolute atomic E-state index is 0.274. The fourth-order valence-corrected chi connectivity index (χ4v) is 2.52. The minimum atomic E-state index is -0.755. The van der Waals surface area contributed by atoms with Crippen LogP contribution in [0.4, 0.5) is 5.82 Å². The lowest BCUT2D eigenvalue weighted by Gasteiger charge is -2.10. The number of nitrogens with zero attached hydrogens (tertiary/aromatic N) is 4. The van der Waals surface area contributed by atoms with E-state index >= 15 is 0 Å². The lowest BCUT2D eigenvalue weighted by Crippen LogP contribution is -2.12. The number of aliphatic hydroxyl groups excluding tert-OH is 1. The number of benzene rings is 1. The Morgan fingerprint density at radius 2 is 2.00 bits per heavy atom. The molecule has 120 valence electrons. The van der Waals surface area contributed by atoms with E-state index in [4.69, 9.17) is 4.42 Å². The number of rotatable bonds is 5. The van der Waals surface area contributed by atoms with Gasteiger partial charge in [0.25, 0.3) is 0 Å². The summed E-state index contributed by atoms with van der Waals surface area (Å²) in [4.78, 5) is 8.57. The molecule has 1 unspecified atom stereocenters. The number of para-hydroxylation sites is 1. The van der Waals surface area contributed by atoms with Gasteiger partial charge in [0.05, 0.1) is 23.5 Å². The van der Waals surface area contributed by atoms with Gasteiger partial charge in [-0.1, -0.05) is 18.2 Å². The average Bonchev–Trinajstić information content (AvgIpc) is 3.30. The molecule has 0 bridgehead atoms. The minimum Gasteiger partial charge on any atom is -0.467 e. The molecule has 2 N–H and O–H groups in total. The first-order valence-electron chi connectivity index (χ1n) is 7.52. The van der Waals surface area contributed by atoms with E-state index in [0.29, 0.717) is 17.2 Å². The van der Waals surface area contributed by atoms with Crippen molar-refractivity contribution >= 4 is 16.9 Å². The molecule has 3 aromatic heterocycles. The van der Waals surface area contributed by atoms with Crippen LogP contribution in [0.25, 0.3) is 16.7 Å². The molecule has 4 rings (SSSR count). The van der Waals surface area contributed by atoms with Gasteiger partial charge in [0.2, 0.25) is 0 Å². The van der Waals surface area contributed by atoms with Gasteiger partial charge in [-0.2, -0.15) is 5.10 Å². The second-order valence-electron chi connectivity index (χ2n) is 5.26. The van der Waals surface area contributed by atoms with Crippen molar-refractivity contribution in [1.29, 1.82) is 0 Å². The van der Waals surface area contributed by atoms with Crippen LogP contribution in [0, 0.1) is 0 Å². The molecule has 0 aliphatic carbocycles. The van der Waals surface area contributed by atoms with Crippen molar-refractivity contribution < 1.29 is 9.52 Å². The molecular formula is C17H15N5O2. The summed E-state index contributed by atoms with van der Waals surface area (Å²) in [5.74, 6) is 1.13. The second-order valence-corrected chi connectivity index (χ2v) is 5.26. The van der Waals surface area contributed by atoms with Gasteiger partial charge in [-0.15, -0.1) is 0 Å². The highest BCUT2D eigenvalue weighted by molar-refractivity contribution is 5.87. The Labute approximate surface area is 137 Å². The van der Waals surface area contributed by atoms with Crippen LogP contribution in [0.3, 0.4) is 0 Å². The number of nitrogens with one attached hydrogen (secondary N) is 1. The van der Waals surface area contributed by atoms with Crippen molar-refractivity contribution in [3.05, 3.63) is 67.0 Å². The van der Waals surface area contributed by atoms with E-state index < -0.39 is 6.10 Å². The predicted octanol–water partition coefficient (Wildman–Crippen LogP) is 2.55. The van der Waals surface area contributed by atoms with Crippen molar-refractivity contribution in [3.63, 3.8) is 0 Å². The Morgan fingerprint density at radius 3 is 2.79 bits per heavy atom. The first kappa shape index (κ1) is 14.4. The molecule has 0 fully saturated rings. The highest BCUT2D eigenvalue weighted by Crippen LogP contribution is 2.22. The number of hydrogen-bond acceptors (Lipinski definition) is 6. The molecule has 0 aliphatic heterocycles. The molecule has 4 aromatic rings. The SMILES string of the molecule is OC(CNc1ncnc2c1cnn2-c1ccccc1)c1ccco1. The number of aromatic nitrogens is 4. The van der Waals surface area contributed by atoms with Crippen LogP contribution < -0.4 is 5.32 Å². The van der Waals surface area contributed by atoms with Gasteiger partial charge in [-0.25, -0.2) is 14.6 Å². The quantitative estimate of drug-likeness (QED) is 0.587. The van der Waals surface area contributed by atoms with Crippen molar-refractivity contribution in [2.45, 2.75) is 6.10 Å². The smallest absolute Gasteiger partial charge is 0.168 e. The normalized spacial score (nSPS) is 12.4. The maximum atomic E-state index is 10.1. The van der Waals surface area contributed by atoms with Gasteiger partial charge in [0.1, 0.15) is 24.0 Å². The Kier molecular flexibility index (Phi) is 3.68.